The Labute approximate surface area is 145 Å². The van der Waals surface area contributed by atoms with Crippen LogP contribution in [0, 0.1) is 5.82 Å². The van der Waals surface area contributed by atoms with Gasteiger partial charge in [-0.15, -0.1) is 0 Å². The minimum Gasteiger partial charge on any atom is -0.355 e. The van der Waals surface area contributed by atoms with Crippen LogP contribution in [0.1, 0.15) is 17.5 Å². The van der Waals surface area contributed by atoms with Crippen molar-refractivity contribution < 1.29 is 14.0 Å². The Hall–Kier alpha value is -2.40. The predicted molar refractivity (Wildman–Crippen MR) is 91.0 cm³/mol. The molecule has 0 atom stereocenters. The number of halogens is 2. The van der Waals surface area contributed by atoms with Crippen molar-refractivity contribution in [3.05, 3.63) is 70.5 Å². The zero-order valence-electron chi connectivity index (χ0n) is 13.0. The highest BCUT2D eigenvalue weighted by atomic mass is 35.5. The van der Waals surface area contributed by atoms with Gasteiger partial charge in [0.2, 0.25) is 11.8 Å². The fourth-order valence-corrected chi connectivity index (χ4v) is 2.20. The molecule has 2 amide bonds. The number of amides is 2. The van der Waals surface area contributed by atoms with Crippen molar-refractivity contribution >= 4 is 23.4 Å². The summed E-state index contributed by atoms with van der Waals surface area (Å²) >= 11 is 5.80. The molecule has 0 fully saturated rings. The van der Waals surface area contributed by atoms with Gasteiger partial charge in [-0.1, -0.05) is 35.9 Å². The summed E-state index contributed by atoms with van der Waals surface area (Å²) in [6.07, 6.45) is 0.432. The smallest absolute Gasteiger partial charge is 0.229 e. The van der Waals surface area contributed by atoms with Crippen LogP contribution in [-0.2, 0) is 22.6 Å². The molecule has 6 heteroatoms. The molecular formula is C18H18ClFN2O2. The van der Waals surface area contributed by atoms with Crippen LogP contribution in [0.4, 0.5) is 4.39 Å². The molecule has 0 bridgehead atoms. The molecule has 0 aliphatic carbocycles. The van der Waals surface area contributed by atoms with Crippen molar-refractivity contribution in [1.29, 1.82) is 0 Å². The van der Waals surface area contributed by atoms with Crippen LogP contribution in [0.3, 0.4) is 0 Å². The van der Waals surface area contributed by atoms with Crippen LogP contribution in [0.2, 0.25) is 5.02 Å². The Kier molecular flexibility index (Phi) is 6.75. The SMILES string of the molecule is O=C(CC(=O)NCc1ccc(F)cc1)NCCc1ccc(Cl)cc1. The fraction of sp³-hybridized carbons (Fsp3) is 0.222. The zero-order valence-corrected chi connectivity index (χ0v) is 13.8. The molecule has 0 aliphatic heterocycles. The van der Waals surface area contributed by atoms with Gasteiger partial charge in [0.15, 0.2) is 0 Å². The minimum atomic E-state index is -0.372. The number of rotatable bonds is 7. The van der Waals surface area contributed by atoms with Crippen molar-refractivity contribution in [2.45, 2.75) is 19.4 Å². The van der Waals surface area contributed by atoms with E-state index in [-0.39, 0.29) is 30.6 Å². The predicted octanol–water partition coefficient (Wildman–Crippen LogP) is 2.84. The maximum atomic E-state index is 12.8. The van der Waals surface area contributed by atoms with E-state index in [0.29, 0.717) is 18.0 Å². The van der Waals surface area contributed by atoms with E-state index < -0.39 is 0 Å². The van der Waals surface area contributed by atoms with Crippen LogP contribution in [0.15, 0.2) is 48.5 Å². The first-order valence-electron chi connectivity index (χ1n) is 7.55. The van der Waals surface area contributed by atoms with Gasteiger partial charge in [-0.3, -0.25) is 9.59 Å². The van der Waals surface area contributed by atoms with E-state index in [0.717, 1.165) is 11.1 Å². The van der Waals surface area contributed by atoms with Gasteiger partial charge in [0.25, 0.3) is 0 Å². The van der Waals surface area contributed by atoms with E-state index in [1.807, 2.05) is 12.1 Å². The second kappa shape index (κ2) is 9.03. The summed E-state index contributed by atoms with van der Waals surface area (Å²) in [6, 6.07) is 13.2. The Morgan fingerprint density at radius 2 is 1.46 bits per heavy atom. The average molecular weight is 349 g/mol. The van der Waals surface area contributed by atoms with Crippen LogP contribution < -0.4 is 10.6 Å². The molecule has 2 rings (SSSR count). The molecule has 126 valence electrons. The first-order valence-corrected chi connectivity index (χ1v) is 7.93. The number of carbonyl (C=O) groups excluding carboxylic acids is 2. The number of hydrogen-bond acceptors (Lipinski definition) is 2. The van der Waals surface area contributed by atoms with Crippen molar-refractivity contribution in [2.75, 3.05) is 6.54 Å². The van der Waals surface area contributed by atoms with Crippen molar-refractivity contribution in [2.24, 2.45) is 0 Å². The molecule has 24 heavy (non-hydrogen) atoms. The Balaban J connectivity index is 1.65. The van der Waals surface area contributed by atoms with Gasteiger partial charge in [0.05, 0.1) is 0 Å². The van der Waals surface area contributed by atoms with E-state index in [2.05, 4.69) is 10.6 Å². The maximum absolute atomic E-state index is 12.8. The van der Waals surface area contributed by atoms with Gasteiger partial charge in [0.1, 0.15) is 12.2 Å². The second-order valence-corrected chi connectivity index (χ2v) is 5.74. The first-order chi connectivity index (χ1) is 11.5. The summed E-state index contributed by atoms with van der Waals surface area (Å²) in [5.74, 6) is -1.03. The summed E-state index contributed by atoms with van der Waals surface area (Å²) < 4.78 is 12.8. The van der Waals surface area contributed by atoms with Gasteiger partial charge in [-0.25, -0.2) is 4.39 Å². The standard InChI is InChI=1S/C18H18ClFN2O2/c19-15-5-1-13(2-6-15)9-10-21-17(23)11-18(24)22-12-14-3-7-16(20)8-4-14/h1-8H,9-12H2,(H,21,23)(H,22,24). The molecule has 4 nitrogen and oxygen atoms in total. The average Bonchev–Trinajstić information content (AvgIpc) is 2.56. The molecule has 2 aromatic rings. The molecule has 0 unspecified atom stereocenters. The Morgan fingerprint density at radius 1 is 0.875 bits per heavy atom. The second-order valence-electron chi connectivity index (χ2n) is 5.31. The molecule has 0 heterocycles. The number of carbonyl (C=O) groups is 2. The number of nitrogens with one attached hydrogen (secondary N) is 2. The lowest BCUT2D eigenvalue weighted by atomic mass is 10.1. The molecule has 0 aliphatic rings. The van der Waals surface area contributed by atoms with Crippen molar-refractivity contribution in [1.82, 2.24) is 10.6 Å². The van der Waals surface area contributed by atoms with E-state index in [4.69, 9.17) is 11.6 Å². The summed E-state index contributed by atoms with van der Waals surface area (Å²) in [6.45, 7) is 0.711. The molecule has 0 saturated heterocycles. The van der Waals surface area contributed by atoms with Gasteiger partial charge in [0, 0.05) is 18.1 Å². The number of benzene rings is 2. The van der Waals surface area contributed by atoms with Gasteiger partial charge in [-0.2, -0.15) is 0 Å². The van der Waals surface area contributed by atoms with Crippen molar-refractivity contribution in [3.8, 4) is 0 Å². The molecule has 2 N–H and O–H groups in total. The third kappa shape index (κ3) is 6.38. The van der Waals surface area contributed by atoms with Crippen molar-refractivity contribution in [3.63, 3.8) is 0 Å². The summed E-state index contributed by atoms with van der Waals surface area (Å²) in [5, 5.41) is 5.99. The zero-order chi connectivity index (χ0) is 17.4. The third-order valence-corrected chi connectivity index (χ3v) is 3.63. The normalized spacial score (nSPS) is 10.2. The minimum absolute atomic E-state index is 0.234. The van der Waals surface area contributed by atoms with E-state index in [1.165, 1.54) is 12.1 Å². The quantitative estimate of drug-likeness (QED) is 0.756. The van der Waals surface area contributed by atoms with Crippen LogP contribution in [0.5, 0.6) is 0 Å². The highest BCUT2D eigenvalue weighted by Gasteiger charge is 2.08. The highest BCUT2D eigenvalue weighted by molar-refractivity contribution is 6.30. The summed E-state index contributed by atoms with van der Waals surface area (Å²) in [5.41, 5.74) is 1.83. The summed E-state index contributed by atoms with van der Waals surface area (Å²) in [7, 11) is 0. The van der Waals surface area contributed by atoms with Crippen LogP contribution in [-0.4, -0.2) is 18.4 Å². The molecule has 0 radical (unpaired) electrons. The monoisotopic (exact) mass is 348 g/mol. The lowest BCUT2D eigenvalue weighted by Gasteiger charge is -2.07. The van der Waals surface area contributed by atoms with E-state index in [9.17, 15) is 14.0 Å². The van der Waals surface area contributed by atoms with Gasteiger partial charge >= 0.3 is 0 Å². The molecule has 0 saturated carbocycles. The molecular weight excluding hydrogens is 331 g/mol. The van der Waals surface area contributed by atoms with Crippen LogP contribution >= 0.6 is 11.6 Å². The fourth-order valence-electron chi connectivity index (χ4n) is 2.07. The largest absolute Gasteiger partial charge is 0.355 e. The van der Waals surface area contributed by atoms with E-state index >= 15 is 0 Å². The lowest BCUT2D eigenvalue weighted by molar-refractivity contribution is -0.129. The Morgan fingerprint density at radius 3 is 2.12 bits per heavy atom. The molecule has 0 spiro atoms. The maximum Gasteiger partial charge on any atom is 0.229 e. The third-order valence-electron chi connectivity index (χ3n) is 3.37. The molecule has 0 aromatic heterocycles. The van der Waals surface area contributed by atoms with Crippen LogP contribution in [0.25, 0.3) is 0 Å². The number of hydrogen-bond donors (Lipinski definition) is 2. The Bertz CT molecular complexity index is 687. The van der Waals surface area contributed by atoms with E-state index in [1.54, 1.807) is 24.3 Å². The highest BCUT2D eigenvalue weighted by Crippen LogP contribution is 2.09. The lowest BCUT2D eigenvalue weighted by Crippen LogP contribution is -2.32. The topological polar surface area (TPSA) is 58.2 Å². The summed E-state index contributed by atoms with van der Waals surface area (Å²) in [4.78, 5) is 23.4. The first kappa shape index (κ1) is 17.9. The van der Waals surface area contributed by atoms with Gasteiger partial charge < -0.3 is 10.6 Å². The molecule has 2 aromatic carbocycles. The van der Waals surface area contributed by atoms with Gasteiger partial charge in [-0.05, 0) is 41.8 Å².